The van der Waals surface area contributed by atoms with Crippen molar-refractivity contribution in [2.24, 2.45) is 11.7 Å². The van der Waals surface area contributed by atoms with Crippen molar-refractivity contribution >= 4 is 34.5 Å². The third-order valence-electron chi connectivity index (χ3n) is 11.1. The molecule has 6 aromatic rings. The lowest BCUT2D eigenvalue weighted by molar-refractivity contribution is -0.178. The van der Waals surface area contributed by atoms with Gasteiger partial charge in [-0.3, -0.25) is 19.3 Å². The van der Waals surface area contributed by atoms with Crippen LogP contribution in [0, 0.1) is 17.8 Å². The average molecular weight is 745 g/mol. The van der Waals surface area contributed by atoms with Crippen LogP contribution in [0.4, 0.5) is 5.69 Å². The number of carbonyl (C=O) groups is 3. The monoisotopic (exact) mass is 744 g/mol. The number of cyclic esters (lactones) is 1. The summed E-state index contributed by atoms with van der Waals surface area (Å²) in [5.74, 6) is 3.63. The van der Waals surface area contributed by atoms with E-state index in [1.54, 1.807) is 28.9 Å². The number of benzene rings is 5. The molecule has 6 atom stereocenters. The summed E-state index contributed by atoms with van der Waals surface area (Å²) in [6.07, 6.45) is -0.797. The summed E-state index contributed by atoms with van der Waals surface area (Å²) in [6.45, 7) is 0.194. The minimum absolute atomic E-state index is 0.0953. The van der Waals surface area contributed by atoms with Gasteiger partial charge in [0.2, 0.25) is 11.8 Å². The molecule has 0 bridgehead atoms. The summed E-state index contributed by atoms with van der Waals surface area (Å²) < 4.78 is 13.8. The molecule has 0 radical (unpaired) electrons. The van der Waals surface area contributed by atoms with Crippen LogP contribution in [0.3, 0.4) is 0 Å². The molecular formula is C44H36N6O6. The van der Waals surface area contributed by atoms with Crippen molar-refractivity contribution in [3.8, 4) is 17.6 Å². The molecule has 1 spiro atoms. The van der Waals surface area contributed by atoms with Gasteiger partial charge in [-0.15, -0.1) is 5.10 Å². The van der Waals surface area contributed by atoms with E-state index in [1.165, 1.54) is 0 Å². The second-order valence-corrected chi connectivity index (χ2v) is 14.1. The Morgan fingerprint density at radius 1 is 0.875 bits per heavy atom. The number of para-hydroxylation sites is 1. The lowest BCUT2D eigenvalue weighted by atomic mass is 9.65. The standard InChI is InChI=1S/C44H36N6O6/c45-41(52)36-38-42(53)56-39(29-13-5-2-6-14-29)37(28-11-3-1-4-12-28)50(38)40(30-18-20-31(21-19-30)55-25-24-51)44(36)32-26-27(17-22-33(32)46-43(44)54)10-9-23-49-35-16-8-7-15-34(35)47-48-49/h1-8,11-22,26,36-40,51H,23-25H2,(H2,45,52)(H,46,54). The van der Waals surface area contributed by atoms with Gasteiger partial charge in [0.25, 0.3) is 0 Å². The summed E-state index contributed by atoms with van der Waals surface area (Å²) in [5.41, 5.74) is 10.1. The SMILES string of the molecule is NC(=O)C1C2C(=O)OC(c3ccccc3)C(c3ccccc3)N2C(c2ccc(OCCO)cc2)C12C(=O)Nc1ccc(C#CCn3nnc4ccccc43)cc12. The zero-order chi connectivity index (χ0) is 38.4. The predicted octanol–water partition coefficient (Wildman–Crippen LogP) is 4.61. The van der Waals surface area contributed by atoms with E-state index in [9.17, 15) is 14.7 Å². The van der Waals surface area contributed by atoms with E-state index in [0.29, 0.717) is 28.1 Å². The van der Waals surface area contributed by atoms with E-state index in [0.717, 1.165) is 22.2 Å². The highest BCUT2D eigenvalue weighted by Gasteiger charge is 2.73. The van der Waals surface area contributed by atoms with E-state index in [1.807, 2.05) is 108 Å². The fourth-order valence-electron chi connectivity index (χ4n) is 8.86. The highest BCUT2D eigenvalue weighted by Crippen LogP contribution is 2.64. The normalized spacial score (nSPS) is 23.8. The Kier molecular flexibility index (Phi) is 8.80. The third kappa shape index (κ3) is 5.59. The molecule has 0 saturated carbocycles. The number of aliphatic hydroxyl groups excluding tert-OH is 1. The number of esters is 1. The fourth-order valence-corrected chi connectivity index (χ4v) is 8.86. The number of aromatic nitrogens is 3. The molecule has 2 fully saturated rings. The van der Waals surface area contributed by atoms with Gasteiger partial charge in [0, 0.05) is 11.3 Å². The van der Waals surface area contributed by atoms with E-state index >= 15 is 4.79 Å². The number of carbonyl (C=O) groups excluding carboxylic acids is 3. The van der Waals surface area contributed by atoms with Crippen LogP contribution in [0.5, 0.6) is 5.75 Å². The number of hydrogen-bond acceptors (Lipinski definition) is 9. The van der Waals surface area contributed by atoms with Gasteiger partial charge in [-0.2, -0.15) is 0 Å². The Balaban J connectivity index is 1.24. The van der Waals surface area contributed by atoms with Gasteiger partial charge in [0.05, 0.1) is 30.1 Å². The number of hydrogen-bond donors (Lipinski definition) is 3. The largest absolute Gasteiger partial charge is 0.491 e. The second-order valence-electron chi connectivity index (χ2n) is 14.1. The van der Waals surface area contributed by atoms with Crippen molar-refractivity contribution in [2.75, 3.05) is 18.5 Å². The first-order valence-electron chi connectivity index (χ1n) is 18.3. The minimum atomic E-state index is -1.70. The molecule has 56 heavy (non-hydrogen) atoms. The summed E-state index contributed by atoms with van der Waals surface area (Å²) in [5, 5.41) is 20.9. The molecule has 6 unspecified atom stereocenters. The van der Waals surface area contributed by atoms with Gasteiger partial charge in [-0.05, 0) is 64.7 Å². The Morgan fingerprint density at radius 2 is 1.59 bits per heavy atom. The molecule has 12 heteroatoms. The number of ether oxygens (including phenoxy) is 2. The number of nitrogens with zero attached hydrogens (tertiary/aromatic N) is 4. The molecule has 2 saturated heterocycles. The lowest BCUT2D eigenvalue weighted by Gasteiger charge is -2.46. The maximum absolute atomic E-state index is 15.0. The highest BCUT2D eigenvalue weighted by atomic mass is 16.6. The molecule has 3 aliphatic heterocycles. The number of anilines is 1. The van der Waals surface area contributed by atoms with Crippen LogP contribution in [-0.2, 0) is 31.1 Å². The van der Waals surface area contributed by atoms with Gasteiger partial charge in [-0.1, -0.05) is 102 Å². The van der Waals surface area contributed by atoms with Crippen LogP contribution in [0.1, 0.15) is 46.0 Å². The first-order chi connectivity index (χ1) is 27.4. The van der Waals surface area contributed by atoms with Crippen molar-refractivity contribution in [1.29, 1.82) is 0 Å². The van der Waals surface area contributed by atoms with Crippen LogP contribution in [-0.4, -0.2) is 62.0 Å². The predicted molar refractivity (Wildman–Crippen MR) is 206 cm³/mol. The topological polar surface area (TPSA) is 162 Å². The van der Waals surface area contributed by atoms with Crippen molar-refractivity contribution in [3.05, 3.63) is 155 Å². The number of nitrogens with two attached hydrogens (primary N) is 1. The van der Waals surface area contributed by atoms with Crippen LogP contribution in [0.25, 0.3) is 11.0 Å². The minimum Gasteiger partial charge on any atom is -0.491 e. The van der Waals surface area contributed by atoms with Gasteiger partial charge < -0.3 is 25.6 Å². The summed E-state index contributed by atoms with van der Waals surface area (Å²) in [7, 11) is 0. The van der Waals surface area contributed by atoms with E-state index < -0.39 is 53.3 Å². The van der Waals surface area contributed by atoms with Crippen molar-refractivity contribution < 1.29 is 29.0 Å². The number of nitrogens with one attached hydrogen (secondary N) is 1. The number of fused-ring (bicyclic) bond motifs is 4. The molecule has 1 aromatic heterocycles. The van der Waals surface area contributed by atoms with Gasteiger partial charge in [-0.25, -0.2) is 4.68 Å². The maximum Gasteiger partial charge on any atom is 0.324 e. The first-order valence-corrected chi connectivity index (χ1v) is 18.3. The Bertz CT molecular complexity index is 2530. The van der Waals surface area contributed by atoms with E-state index in [4.69, 9.17) is 15.2 Å². The highest BCUT2D eigenvalue weighted by molar-refractivity contribution is 6.12. The average Bonchev–Trinajstić information content (AvgIpc) is 3.88. The Hall–Kier alpha value is -6.81. The first kappa shape index (κ1) is 34.9. The molecule has 5 aromatic carbocycles. The zero-order valence-corrected chi connectivity index (χ0v) is 30.0. The van der Waals surface area contributed by atoms with E-state index in [-0.39, 0.29) is 19.8 Å². The number of aliphatic hydroxyl groups is 1. The Morgan fingerprint density at radius 3 is 2.32 bits per heavy atom. The van der Waals surface area contributed by atoms with Crippen LogP contribution >= 0.6 is 0 Å². The van der Waals surface area contributed by atoms with Crippen LogP contribution < -0.4 is 15.8 Å². The molecule has 2 amide bonds. The smallest absolute Gasteiger partial charge is 0.324 e. The maximum atomic E-state index is 15.0. The number of primary amides is 1. The molecule has 12 nitrogen and oxygen atoms in total. The number of rotatable bonds is 8. The molecule has 9 rings (SSSR count). The molecule has 0 aliphatic carbocycles. The zero-order valence-electron chi connectivity index (χ0n) is 30.0. The van der Waals surface area contributed by atoms with Gasteiger partial charge in [0.1, 0.15) is 42.0 Å². The summed E-state index contributed by atoms with van der Waals surface area (Å²) >= 11 is 0. The van der Waals surface area contributed by atoms with Crippen molar-refractivity contribution in [1.82, 2.24) is 19.9 Å². The molecule has 278 valence electrons. The number of amides is 2. The summed E-state index contributed by atoms with van der Waals surface area (Å²) in [4.78, 5) is 45.6. The van der Waals surface area contributed by atoms with Gasteiger partial charge in [0.15, 0.2) is 0 Å². The summed E-state index contributed by atoms with van der Waals surface area (Å²) in [6, 6.07) is 36.5. The van der Waals surface area contributed by atoms with Crippen LogP contribution in [0.15, 0.2) is 127 Å². The third-order valence-corrected chi connectivity index (χ3v) is 11.1. The Labute approximate surface area is 321 Å². The van der Waals surface area contributed by atoms with Crippen molar-refractivity contribution in [3.63, 3.8) is 0 Å². The van der Waals surface area contributed by atoms with Crippen molar-refractivity contribution in [2.45, 2.75) is 36.2 Å². The van der Waals surface area contributed by atoms with Crippen LogP contribution in [0.2, 0.25) is 0 Å². The number of morpholine rings is 1. The molecular weight excluding hydrogens is 709 g/mol. The van der Waals surface area contributed by atoms with E-state index in [2.05, 4.69) is 27.5 Å². The molecule has 3 aliphatic rings. The molecule has 4 heterocycles. The lowest BCUT2D eigenvalue weighted by Crippen LogP contribution is -2.53. The fraction of sp³-hybridized carbons (Fsp3) is 0.205. The molecule has 4 N–H and O–H groups in total. The quantitative estimate of drug-likeness (QED) is 0.149. The van der Waals surface area contributed by atoms with Gasteiger partial charge >= 0.3 is 5.97 Å². The second kappa shape index (κ2) is 14.1.